The van der Waals surface area contributed by atoms with Crippen molar-refractivity contribution in [2.45, 2.75) is 46.6 Å². The van der Waals surface area contributed by atoms with E-state index in [2.05, 4.69) is 5.10 Å². The predicted molar refractivity (Wildman–Crippen MR) is 113 cm³/mol. The van der Waals surface area contributed by atoms with Gasteiger partial charge in [0, 0.05) is 28.4 Å². The minimum absolute atomic E-state index is 0.238. The zero-order valence-electron chi connectivity index (χ0n) is 17.0. The molecule has 0 aliphatic carbocycles. The molecule has 0 fully saturated rings. The standard InChI is InChI=1S/C20H21ClN2O3.C2H6/c1-20(2,3)26-19(24)25-11-10-14-12-22-23(13-14)18-9-8-17(21)15-6-4-5-7-16(15)18;1-2/h4-9,12-13H,10-11H2,1-3H3;1-2H3. The summed E-state index contributed by atoms with van der Waals surface area (Å²) in [7, 11) is 0. The molecule has 2 aromatic carbocycles. The van der Waals surface area contributed by atoms with E-state index in [4.69, 9.17) is 21.1 Å². The van der Waals surface area contributed by atoms with Crippen LogP contribution in [0.4, 0.5) is 4.79 Å². The molecule has 6 heteroatoms. The van der Waals surface area contributed by atoms with Gasteiger partial charge in [-0.3, -0.25) is 0 Å². The largest absolute Gasteiger partial charge is 0.508 e. The molecule has 0 N–H and O–H groups in total. The molecule has 0 amide bonds. The molecule has 0 bridgehead atoms. The van der Waals surface area contributed by atoms with Gasteiger partial charge < -0.3 is 9.47 Å². The molecule has 0 aliphatic rings. The Labute approximate surface area is 171 Å². The summed E-state index contributed by atoms with van der Waals surface area (Å²) in [4.78, 5) is 11.6. The monoisotopic (exact) mass is 402 g/mol. The average Bonchev–Trinajstić information content (AvgIpc) is 3.11. The Balaban J connectivity index is 0.00000136. The number of benzene rings is 2. The molecule has 1 heterocycles. The Morgan fingerprint density at radius 1 is 1.11 bits per heavy atom. The number of hydrogen-bond donors (Lipinski definition) is 0. The van der Waals surface area contributed by atoms with Gasteiger partial charge in [-0.1, -0.05) is 49.7 Å². The van der Waals surface area contributed by atoms with Crippen molar-refractivity contribution in [2.75, 3.05) is 6.61 Å². The maximum atomic E-state index is 11.6. The molecule has 3 rings (SSSR count). The van der Waals surface area contributed by atoms with Gasteiger partial charge in [-0.25, -0.2) is 9.48 Å². The molecule has 28 heavy (non-hydrogen) atoms. The lowest BCUT2D eigenvalue weighted by molar-refractivity contribution is -0.00662. The lowest BCUT2D eigenvalue weighted by Crippen LogP contribution is -2.24. The SMILES string of the molecule is CC.CC(C)(C)OC(=O)OCCc1cnn(-c2ccc(Cl)c3ccccc23)c1. The van der Waals surface area contributed by atoms with E-state index in [1.165, 1.54) is 0 Å². The summed E-state index contributed by atoms with van der Waals surface area (Å²) in [5.41, 5.74) is 1.36. The Morgan fingerprint density at radius 2 is 1.79 bits per heavy atom. The number of carbonyl (C=O) groups excluding carboxylic acids is 1. The molecule has 5 nitrogen and oxygen atoms in total. The molecule has 0 spiro atoms. The van der Waals surface area contributed by atoms with E-state index in [0.29, 0.717) is 11.4 Å². The van der Waals surface area contributed by atoms with Crippen LogP contribution < -0.4 is 0 Å². The van der Waals surface area contributed by atoms with E-state index in [0.717, 1.165) is 22.0 Å². The van der Waals surface area contributed by atoms with Crippen LogP contribution in [0.5, 0.6) is 0 Å². The van der Waals surface area contributed by atoms with Crippen molar-refractivity contribution in [3.8, 4) is 5.69 Å². The smallest absolute Gasteiger partial charge is 0.434 e. The van der Waals surface area contributed by atoms with E-state index >= 15 is 0 Å². The number of rotatable bonds is 4. The maximum Gasteiger partial charge on any atom is 0.508 e. The fraction of sp³-hybridized carbons (Fsp3) is 0.364. The fourth-order valence-electron chi connectivity index (χ4n) is 2.60. The van der Waals surface area contributed by atoms with Crippen LogP contribution in [0.25, 0.3) is 16.5 Å². The van der Waals surface area contributed by atoms with Gasteiger partial charge in [-0.05, 0) is 38.5 Å². The van der Waals surface area contributed by atoms with Crippen LogP contribution in [-0.4, -0.2) is 28.1 Å². The molecule has 0 aliphatic heterocycles. The van der Waals surface area contributed by atoms with Crippen molar-refractivity contribution in [1.29, 1.82) is 0 Å². The Hall–Kier alpha value is -2.53. The number of aromatic nitrogens is 2. The van der Waals surface area contributed by atoms with Crippen LogP contribution in [0.2, 0.25) is 5.02 Å². The third-order valence-electron chi connectivity index (χ3n) is 3.73. The molecule has 0 atom stereocenters. The molecule has 0 unspecified atom stereocenters. The molecule has 150 valence electrons. The Morgan fingerprint density at radius 3 is 2.46 bits per heavy atom. The highest BCUT2D eigenvalue weighted by Gasteiger charge is 2.17. The van der Waals surface area contributed by atoms with Gasteiger partial charge in [0.1, 0.15) is 5.60 Å². The van der Waals surface area contributed by atoms with Gasteiger partial charge in [0.2, 0.25) is 0 Å². The van der Waals surface area contributed by atoms with Crippen molar-refractivity contribution in [2.24, 2.45) is 0 Å². The van der Waals surface area contributed by atoms with Crippen molar-refractivity contribution >= 4 is 28.5 Å². The molecule has 1 aromatic heterocycles. The normalized spacial score (nSPS) is 10.9. The number of fused-ring (bicyclic) bond motifs is 1. The lowest BCUT2D eigenvalue weighted by atomic mass is 10.1. The molecule has 3 aromatic rings. The van der Waals surface area contributed by atoms with Crippen LogP contribution in [0, 0.1) is 0 Å². The van der Waals surface area contributed by atoms with Crippen LogP contribution in [-0.2, 0) is 15.9 Å². The summed E-state index contributed by atoms with van der Waals surface area (Å²) in [6.07, 6.45) is 3.59. The van der Waals surface area contributed by atoms with Crippen molar-refractivity contribution < 1.29 is 14.3 Å². The van der Waals surface area contributed by atoms with Crippen LogP contribution in [0.15, 0.2) is 48.8 Å². The second kappa shape index (κ2) is 9.60. The number of halogens is 1. The highest BCUT2D eigenvalue weighted by molar-refractivity contribution is 6.35. The molecule has 0 radical (unpaired) electrons. The van der Waals surface area contributed by atoms with Crippen molar-refractivity contribution in [3.63, 3.8) is 0 Å². The van der Waals surface area contributed by atoms with Crippen LogP contribution in [0.1, 0.15) is 40.2 Å². The summed E-state index contributed by atoms with van der Waals surface area (Å²) in [5, 5.41) is 7.15. The zero-order valence-corrected chi connectivity index (χ0v) is 17.8. The minimum atomic E-state index is -0.659. The van der Waals surface area contributed by atoms with E-state index < -0.39 is 11.8 Å². The first-order valence-electron chi connectivity index (χ1n) is 9.40. The fourth-order valence-corrected chi connectivity index (χ4v) is 2.83. The third kappa shape index (κ3) is 5.73. The van der Waals surface area contributed by atoms with Crippen molar-refractivity contribution in [1.82, 2.24) is 9.78 Å². The van der Waals surface area contributed by atoms with Gasteiger partial charge in [-0.2, -0.15) is 5.10 Å². The summed E-state index contributed by atoms with van der Waals surface area (Å²) in [5.74, 6) is 0. The molecular formula is C22H27ClN2O3. The number of ether oxygens (including phenoxy) is 2. The topological polar surface area (TPSA) is 53.4 Å². The van der Waals surface area contributed by atoms with Gasteiger partial charge in [0.05, 0.1) is 18.5 Å². The van der Waals surface area contributed by atoms with E-state index in [9.17, 15) is 4.79 Å². The highest BCUT2D eigenvalue weighted by Crippen LogP contribution is 2.28. The highest BCUT2D eigenvalue weighted by atomic mass is 35.5. The Kier molecular flexibility index (Phi) is 7.46. The number of nitrogens with zero attached hydrogens (tertiary/aromatic N) is 2. The number of hydrogen-bond acceptors (Lipinski definition) is 4. The first-order chi connectivity index (χ1) is 13.3. The third-order valence-corrected chi connectivity index (χ3v) is 4.06. The van der Waals surface area contributed by atoms with Crippen LogP contribution in [0.3, 0.4) is 0 Å². The van der Waals surface area contributed by atoms with Gasteiger partial charge in [0.15, 0.2) is 0 Å². The van der Waals surface area contributed by atoms with E-state index in [1.54, 1.807) is 27.0 Å². The Bertz CT molecular complexity index is 929. The zero-order chi connectivity index (χ0) is 20.7. The molecule has 0 saturated heterocycles. The average molecular weight is 403 g/mol. The number of carbonyl (C=O) groups is 1. The first-order valence-corrected chi connectivity index (χ1v) is 9.78. The molecular weight excluding hydrogens is 376 g/mol. The summed E-state index contributed by atoms with van der Waals surface area (Å²) in [6, 6.07) is 11.7. The lowest BCUT2D eigenvalue weighted by Gasteiger charge is -2.18. The minimum Gasteiger partial charge on any atom is -0.434 e. The first kappa shape index (κ1) is 21.8. The maximum absolute atomic E-state index is 11.6. The predicted octanol–water partition coefficient (Wildman–Crippen LogP) is 6.20. The van der Waals surface area contributed by atoms with Gasteiger partial charge >= 0.3 is 6.16 Å². The second-order valence-corrected chi connectivity index (χ2v) is 7.38. The molecule has 0 saturated carbocycles. The van der Waals surface area contributed by atoms with E-state index in [1.807, 2.05) is 61.1 Å². The summed E-state index contributed by atoms with van der Waals surface area (Å²) < 4.78 is 12.0. The van der Waals surface area contributed by atoms with Crippen LogP contribution >= 0.6 is 11.6 Å². The summed E-state index contributed by atoms with van der Waals surface area (Å²) >= 11 is 6.28. The quantitative estimate of drug-likeness (QED) is 0.487. The van der Waals surface area contributed by atoms with Crippen molar-refractivity contribution in [3.05, 3.63) is 59.4 Å². The van der Waals surface area contributed by atoms with E-state index in [-0.39, 0.29) is 6.61 Å². The van der Waals surface area contributed by atoms with Gasteiger partial charge in [0.25, 0.3) is 0 Å². The second-order valence-electron chi connectivity index (χ2n) is 6.97. The summed E-state index contributed by atoms with van der Waals surface area (Å²) in [6.45, 7) is 9.64. The van der Waals surface area contributed by atoms with Gasteiger partial charge in [-0.15, -0.1) is 0 Å².